The van der Waals surface area contributed by atoms with Crippen molar-refractivity contribution in [3.05, 3.63) is 173 Å². The Bertz CT molecular complexity index is 3620. The minimum atomic E-state index is -0.457. The molecule has 0 aliphatic rings. The van der Waals surface area contributed by atoms with Gasteiger partial charge < -0.3 is 29.5 Å². The lowest BCUT2D eigenvalue weighted by molar-refractivity contribution is -0.135. The second-order valence-electron chi connectivity index (χ2n) is 37.6. The lowest BCUT2D eigenvalue weighted by Gasteiger charge is -2.32. The highest BCUT2D eigenvalue weighted by molar-refractivity contribution is 5.76. The zero-order valence-corrected chi connectivity index (χ0v) is 65.8. The molecule has 6 aromatic carbocycles. The second kappa shape index (κ2) is 28.4. The van der Waals surface area contributed by atoms with Crippen molar-refractivity contribution in [2.45, 2.75) is 320 Å². The van der Waals surface area contributed by atoms with Crippen LogP contribution in [0.15, 0.2) is 72.8 Å². The van der Waals surface area contributed by atoms with Gasteiger partial charge in [-0.05, 0) is 203 Å². The van der Waals surface area contributed by atoms with Gasteiger partial charge in [0.05, 0.1) is 0 Å². The van der Waals surface area contributed by atoms with Crippen LogP contribution >= 0.6 is 0 Å². The van der Waals surface area contributed by atoms with Crippen LogP contribution in [0.25, 0.3) is 0 Å². The molecule has 6 rings (SSSR count). The van der Waals surface area contributed by atoms with E-state index >= 15 is 0 Å². The van der Waals surface area contributed by atoms with E-state index in [9.17, 15) is 29.7 Å². The number of phenols is 3. The first-order valence-electron chi connectivity index (χ1n) is 35.6. The third kappa shape index (κ3) is 19.5. The zero-order chi connectivity index (χ0) is 73.8. The number of rotatable bonds is 17. The summed E-state index contributed by atoms with van der Waals surface area (Å²) in [6.07, 6.45) is 2.46. The summed E-state index contributed by atoms with van der Waals surface area (Å²) < 4.78 is 19.4. The quantitative estimate of drug-likeness (QED) is 0.0601. The van der Waals surface area contributed by atoms with Crippen molar-refractivity contribution < 1.29 is 43.9 Å². The summed E-state index contributed by atoms with van der Waals surface area (Å²) in [5.41, 5.74) is 13.9. The molecule has 97 heavy (non-hydrogen) atoms. The van der Waals surface area contributed by atoms with Crippen molar-refractivity contribution in [3.63, 3.8) is 0 Å². The fourth-order valence-corrected chi connectivity index (χ4v) is 13.5. The molecule has 6 aromatic rings. The van der Waals surface area contributed by atoms with Crippen molar-refractivity contribution in [2.75, 3.05) is 0 Å². The summed E-state index contributed by atoms with van der Waals surface area (Å²) in [7, 11) is 0. The van der Waals surface area contributed by atoms with E-state index in [4.69, 9.17) is 14.2 Å². The highest BCUT2D eigenvalue weighted by Crippen LogP contribution is 2.49. The van der Waals surface area contributed by atoms with E-state index in [1.54, 1.807) is 0 Å². The van der Waals surface area contributed by atoms with E-state index in [-0.39, 0.29) is 81.5 Å². The van der Waals surface area contributed by atoms with Crippen LogP contribution in [0.4, 0.5) is 0 Å². The van der Waals surface area contributed by atoms with Gasteiger partial charge in [0.25, 0.3) is 0 Å². The molecule has 0 aliphatic carbocycles. The number of hydrogen-bond acceptors (Lipinski definition) is 9. The molecular weight excluding hydrogens is 1200 g/mol. The minimum Gasteiger partial charge on any atom is -0.507 e. The average Bonchev–Trinajstić information content (AvgIpc) is 0.972. The summed E-state index contributed by atoms with van der Waals surface area (Å²) in [4.78, 5) is 42.7. The van der Waals surface area contributed by atoms with Crippen LogP contribution in [-0.2, 0) is 82.4 Å². The molecule has 0 saturated carbocycles. The Morgan fingerprint density at radius 3 is 0.711 bits per heavy atom. The van der Waals surface area contributed by atoms with E-state index < -0.39 is 16.2 Å². The number of esters is 3. The number of carbonyl (C=O) groups excluding carboxylic acids is 3. The van der Waals surface area contributed by atoms with Gasteiger partial charge in [-0.25, -0.2) is 0 Å². The molecule has 0 amide bonds. The largest absolute Gasteiger partial charge is 0.507 e. The summed E-state index contributed by atoms with van der Waals surface area (Å²) >= 11 is 0. The lowest BCUT2D eigenvalue weighted by Crippen LogP contribution is -2.21. The summed E-state index contributed by atoms with van der Waals surface area (Å²) in [6.45, 7) is 65.7. The number of phenolic OH excluding ortho intramolecular Hbond substituents is 3. The Balaban J connectivity index is 1.45. The van der Waals surface area contributed by atoms with Gasteiger partial charge in [0.2, 0.25) is 0 Å². The maximum Gasteiger partial charge on any atom is 0.311 e. The van der Waals surface area contributed by atoms with Gasteiger partial charge in [-0.2, -0.15) is 0 Å². The Hall–Kier alpha value is -6.87. The number of aromatic hydroxyl groups is 3. The Morgan fingerprint density at radius 2 is 0.505 bits per heavy atom. The van der Waals surface area contributed by atoms with Gasteiger partial charge >= 0.3 is 17.9 Å². The highest BCUT2D eigenvalue weighted by atomic mass is 16.5. The summed E-state index contributed by atoms with van der Waals surface area (Å²) in [5, 5.41) is 34.4. The number of aryl methyl sites for hydroxylation is 6. The maximum atomic E-state index is 14.3. The fraction of sp³-hybridized carbons (Fsp3) is 0.557. The van der Waals surface area contributed by atoms with Crippen molar-refractivity contribution in [1.82, 2.24) is 0 Å². The lowest BCUT2D eigenvalue weighted by atomic mass is 9.74. The van der Waals surface area contributed by atoms with Crippen molar-refractivity contribution in [3.8, 4) is 34.5 Å². The first-order chi connectivity index (χ1) is 43.9. The van der Waals surface area contributed by atoms with Crippen molar-refractivity contribution >= 4 is 17.9 Å². The monoisotopic (exact) mass is 1320 g/mol. The molecule has 0 spiro atoms. The molecule has 1 atom stereocenters. The van der Waals surface area contributed by atoms with Crippen LogP contribution in [0.2, 0.25) is 0 Å². The second-order valence-corrected chi connectivity index (χ2v) is 37.6. The van der Waals surface area contributed by atoms with Crippen LogP contribution in [0.5, 0.6) is 34.5 Å². The summed E-state index contributed by atoms with van der Waals surface area (Å²) in [6, 6.07) is 25.1. The Labute approximate surface area is 586 Å². The minimum absolute atomic E-state index is 0.0423. The zero-order valence-electron chi connectivity index (χ0n) is 65.8. The van der Waals surface area contributed by atoms with Gasteiger partial charge in [0.15, 0.2) is 0 Å². The maximum absolute atomic E-state index is 14.3. The molecule has 0 fully saturated rings. The SMILES string of the molecule is Cc1cc(OC(=O)CCc2cc(C(C)(C)C)c(O)c(C(C)(C)C)c2)c(C(C)(C)C)cc1C(C)CC(c1cc(C(C)(C)C)c(OC(=O)CCc2cc(C(C)(C)C)c(O)c(C(C)(C)C)c2)cc1C)c1cc(C(C)(C)C)c(OC(=O)CCc2cc(C(C)(C)C)c(O)c(C(C)(C)C)c2)cc1C. The predicted molar refractivity (Wildman–Crippen MR) is 403 cm³/mol. The molecule has 0 radical (unpaired) electrons. The Kier molecular flexibility index (Phi) is 23.2. The topological polar surface area (TPSA) is 140 Å². The van der Waals surface area contributed by atoms with Gasteiger partial charge in [-0.3, -0.25) is 14.4 Å². The third-order valence-electron chi connectivity index (χ3n) is 19.3. The van der Waals surface area contributed by atoms with E-state index in [2.05, 4.69) is 233 Å². The molecule has 0 bridgehead atoms. The van der Waals surface area contributed by atoms with E-state index in [0.717, 1.165) is 100 Å². The number of carbonyl (C=O) groups is 3. The molecule has 0 saturated heterocycles. The van der Waals surface area contributed by atoms with Crippen LogP contribution in [0, 0.1) is 20.8 Å². The van der Waals surface area contributed by atoms with Crippen LogP contribution in [-0.4, -0.2) is 33.2 Å². The Morgan fingerprint density at radius 1 is 0.309 bits per heavy atom. The molecule has 3 N–H and O–H groups in total. The predicted octanol–water partition coefficient (Wildman–Crippen LogP) is 22.3. The van der Waals surface area contributed by atoms with Crippen molar-refractivity contribution in [1.29, 1.82) is 0 Å². The first-order valence-corrected chi connectivity index (χ1v) is 35.6. The standard InChI is InChI=1S/C88H124O9/c1-51(58-48-62(80(5,6)7)71(39-52(58)2)95-74(89)35-32-55-42-65(83(14,15)16)77(92)66(43-55)84(17,18)19)38-61(59-49-63(81(8,9)10)72(40-53(59)3)96-75(90)36-33-56-44-67(85(20,21)22)78(93)68(45-56)86(23,24)25)60-50-64(82(11,12)13)73(41-54(60)4)97-76(91)37-34-57-46-69(87(26,27)28)79(94)70(47-57)88(29,30)31/h39-51,61,92-94H,32-38H2,1-31H3. The van der Waals surface area contributed by atoms with Crippen LogP contribution < -0.4 is 14.2 Å². The van der Waals surface area contributed by atoms with E-state index in [0.29, 0.717) is 60.2 Å². The highest BCUT2D eigenvalue weighted by Gasteiger charge is 2.35. The molecule has 9 nitrogen and oxygen atoms in total. The summed E-state index contributed by atoms with van der Waals surface area (Å²) in [5.74, 6) is 1.26. The van der Waals surface area contributed by atoms with Gasteiger partial charge in [0, 0.05) is 41.9 Å². The van der Waals surface area contributed by atoms with Gasteiger partial charge in [-0.15, -0.1) is 0 Å². The molecule has 0 aliphatic heterocycles. The van der Waals surface area contributed by atoms with Gasteiger partial charge in [-0.1, -0.05) is 248 Å². The van der Waals surface area contributed by atoms with Crippen LogP contribution in [0.3, 0.4) is 0 Å². The number of benzene rings is 6. The molecule has 1 unspecified atom stereocenters. The molecule has 0 aromatic heterocycles. The molecule has 530 valence electrons. The molecule has 0 heterocycles. The molecule has 9 heteroatoms. The third-order valence-corrected chi connectivity index (χ3v) is 19.3. The van der Waals surface area contributed by atoms with Crippen LogP contribution in [0.1, 0.15) is 332 Å². The number of ether oxygens (including phenoxy) is 3. The fourth-order valence-electron chi connectivity index (χ4n) is 13.5. The first kappa shape index (κ1) is 79.1. The van der Waals surface area contributed by atoms with Crippen molar-refractivity contribution in [2.24, 2.45) is 0 Å². The molecular formula is C88H124O9. The van der Waals surface area contributed by atoms with Gasteiger partial charge in [0.1, 0.15) is 34.5 Å². The van der Waals surface area contributed by atoms with E-state index in [1.165, 1.54) is 0 Å². The normalized spacial score (nSPS) is 13.5. The van der Waals surface area contributed by atoms with E-state index in [1.807, 2.05) is 54.6 Å². The smallest absolute Gasteiger partial charge is 0.311 e. The number of hydrogen-bond donors (Lipinski definition) is 3. The average molecular weight is 1330 g/mol.